The highest BCUT2D eigenvalue weighted by Gasteiger charge is 2.16. The van der Waals surface area contributed by atoms with Gasteiger partial charge in [-0.25, -0.2) is 0 Å². The van der Waals surface area contributed by atoms with Crippen LogP contribution in [0.5, 0.6) is 5.75 Å². The second kappa shape index (κ2) is 3.07. The van der Waals surface area contributed by atoms with Crippen molar-refractivity contribution in [1.82, 2.24) is 0 Å². The van der Waals surface area contributed by atoms with Crippen molar-refractivity contribution in [3.63, 3.8) is 0 Å². The first-order chi connectivity index (χ1) is 6.95. The smallest absolute Gasteiger partial charge is 0.145 e. The van der Waals surface area contributed by atoms with Crippen molar-refractivity contribution in [2.75, 3.05) is 0 Å². The Hall–Kier alpha value is -1.41. The molecule has 0 unspecified atom stereocenters. The first-order valence-corrected chi connectivity index (χ1v) is 5.22. The Bertz CT molecular complexity index is 434. The van der Waals surface area contributed by atoms with Crippen LogP contribution in [0.4, 0.5) is 0 Å². The highest BCUT2D eigenvalue weighted by atomic mass is 32.2. The molecule has 2 heteroatoms. The molecule has 0 saturated carbocycles. The zero-order valence-corrected chi connectivity index (χ0v) is 8.25. The van der Waals surface area contributed by atoms with E-state index >= 15 is 0 Å². The second-order valence-electron chi connectivity index (χ2n) is 3.16. The van der Waals surface area contributed by atoms with Crippen LogP contribution in [0.3, 0.4) is 0 Å². The number of benzene rings is 2. The Morgan fingerprint density at radius 2 is 1.50 bits per heavy atom. The molecule has 2 aromatic rings. The molecule has 0 spiro atoms. The van der Waals surface area contributed by atoms with Crippen LogP contribution in [-0.4, -0.2) is 0 Å². The molecule has 68 valence electrons. The van der Waals surface area contributed by atoms with Crippen LogP contribution in [-0.2, 0) is 0 Å². The standard InChI is InChI=1S/C12H8OS/c1-3-7-11-9(5-1)10-6-2-4-8-12(10)14-13-11/h1-8H. The molecule has 0 N–H and O–H groups in total. The third-order valence-corrected chi connectivity index (χ3v) is 3.08. The summed E-state index contributed by atoms with van der Waals surface area (Å²) in [6, 6.07) is 16.4. The molecule has 1 heterocycles. The second-order valence-corrected chi connectivity index (χ2v) is 3.93. The van der Waals surface area contributed by atoms with Gasteiger partial charge in [0.25, 0.3) is 0 Å². The van der Waals surface area contributed by atoms with Gasteiger partial charge in [0.05, 0.1) is 16.9 Å². The summed E-state index contributed by atoms with van der Waals surface area (Å²) < 4.78 is 5.57. The number of hydrogen-bond acceptors (Lipinski definition) is 2. The quantitative estimate of drug-likeness (QED) is 0.599. The van der Waals surface area contributed by atoms with Gasteiger partial charge >= 0.3 is 0 Å². The largest absolute Gasteiger partial charge is 0.420 e. The van der Waals surface area contributed by atoms with Crippen molar-refractivity contribution in [1.29, 1.82) is 0 Å². The summed E-state index contributed by atoms with van der Waals surface area (Å²) in [6.07, 6.45) is 0. The van der Waals surface area contributed by atoms with Crippen molar-refractivity contribution >= 4 is 12.0 Å². The summed E-state index contributed by atoms with van der Waals surface area (Å²) in [5.41, 5.74) is 2.45. The first-order valence-electron chi connectivity index (χ1n) is 4.48. The fourth-order valence-corrected chi connectivity index (χ4v) is 2.34. The van der Waals surface area contributed by atoms with Crippen molar-refractivity contribution in [2.45, 2.75) is 4.90 Å². The van der Waals surface area contributed by atoms with E-state index < -0.39 is 0 Å². The Labute approximate surface area is 86.9 Å². The maximum absolute atomic E-state index is 5.57. The summed E-state index contributed by atoms with van der Waals surface area (Å²) in [5.74, 6) is 0.955. The number of rotatable bonds is 0. The van der Waals surface area contributed by atoms with E-state index in [2.05, 4.69) is 24.3 Å². The fourth-order valence-electron chi connectivity index (χ4n) is 1.61. The topological polar surface area (TPSA) is 9.23 Å². The minimum atomic E-state index is 0.955. The lowest BCUT2D eigenvalue weighted by Gasteiger charge is -2.17. The Kier molecular flexibility index (Phi) is 1.74. The van der Waals surface area contributed by atoms with Crippen LogP contribution in [0.2, 0.25) is 0 Å². The van der Waals surface area contributed by atoms with Gasteiger partial charge in [0.15, 0.2) is 0 Å². The fraction of sp³-hybridized carbons (Fsp3) is 0. The maximum atomic E-state index is 5.57. The molecule has 0 saturated heterocycles. The van der Waals surface area contributed by atoms with Crippen molar-refractivity contribution in [3.05, 3.63) is 48.5 Å². The van der Waals surface area contributed by atoms with Crippen LogP contribution >= 0.6 is 12.0 Å². The van der Waals surface area contributed by atoms with Crippen LogP contribution in [0, 0.1) is 0 Å². The zero-order valence-electron chi connectivity index (χ0n) is 7.44. The van der Waals surface area contributed by atoms with Gasteiger partial charge in [0, 0.05) is 11.1 Å². The van der Waals surface area contributed by atoms with Crippen molar-refractivity contribution in [2.24, 2.45) is 0 Å². The monoisotopic (exact) mass is 200 g/mol. The first kappa shape index (κ1) is 7.94. The van der Waals surface area contributed by atoms with Gasteiger partial charge in [-0.3, -0.25) is 0 Å². The molecule has 1 nitrogen and oxygen atoms in total. The molecule has 1 aliphatic heterocycles. The van der Waals surface area contributed by atoms with Crippen LogP contribution in [0.25, 0.3) is 11.1 Å². The minimum absolute atomic E-state index is 0.955. The highest BCUT2D eigenvalue weighted by Crippen LogP contribution is 2.43. The molecular weight excluding hydrogens is 192 g/mol. The summed E-state index contributed by atoms with van der Waals surface area (Å²) in [6.45, 7) is 0. The predicted molar refractivity (Wildman–Crippen MR) is 58.4 cm³/mol. The van der Waals surface area contributed by atoms with Crippen LogP contribution in [0.15, 0.2) is 53.4 Å². The average molecular weight is 200 g/mol. The third kappa shape index (κ3) is 1.11. The SMILES string of the molecule is c1ccc2c(c1)OSc1ccccc1-2. The summed E-state index contributed by atoms with van der Waals surface area (Å²) in [4.78, 5) is 1.19. The summed E-state index contributed by atoms with van der Waals surface area (Å²) >= 11 is 1.43. The average Bonchev–Trinajstić information content (AvgIpc) is 2.29. The number of fused-ring (bicyclic) bond motifs is 3. The van der Waals surface area contributed by atoms with Crippen molar-refractivity contribution in [3.8, 4) is 16.9 Å². The predicted octanol–water partition coefficient (Wildman–Crippen LogP) is 3.75. The van der Waals surface area contributed by atoms with E-state index in [0.29, 0.717) is 0 Å². The summed E-state index contributed by atoms with van der Waals surface area (Å²) in [7, 11) is 0. The highest BCUT2D eigenvalue weighted by molar-refractivity contribution is 7.95. The van der Waals surface area contributed by atoms with E-state index in [0.717, 1.165) is 5.75 Å². The van der Waals surface area contributed by atoms with Gasteiger partial charge in [0.2, 0.25) is 0 Å². The van der Waals surface area contributed by atoms with Crippen LogP contribution < -0.4 is 4.18 Å². The van der Waals surface area contributed by atoms with Gasteiger partial charge in [-0.05, 0) is 12.1 Å². The molecule has 0 atom stereocenters. The lowest BCUT2D eigenvalue weighted by Crippen LogP contribution is -1.94. The molecule has 1 aliphatic rings. The zero-order chi connectivity index (χ0) is 9.38. The van der Waals surface area contributed by atoms with Crippen LogP contribution in [0.1, 0.15) is 0 Å². The molecule has 3 rings (SSSR count). The lowest BCUT2D eigenvalue weighted by molar-refractivity contribution is 0.643. The summed E-state index contributed by atoms with van der Waals surface area (Å²) in [5, 5.41) is 0. The Balaban J connectivity index is 2.29. The van der Waals surface area contributed by atoms with Gasteiger partial charge in [0.1, 0.15) is 5.75 Å². The number of para-hydroxylation sites is 1. The molecular formula is C12H8OS. The Morgan fingerprint density at radius 1 is 0.786 bits per heavy atom. The minimum Gasteiger partial charge on any atom is -0.420 e. The molecule has 0 aliphatic carbocycles. The van der Waals surface area contributed by atoms with E-state index in [4.69, 9.17) is 4.18 Å². The lowest BCUT2D eigenvalue weighted by atomic mass is 10.0. The molecule has 0 aromatic heterocycles. The van der Waals surface area contributed by atoms with Crippen molar-refractivity contribution < 1.29 is 4.18 Å². The maximum Gasteiger partial charge on any atom is 0.145 e. The van der Waals surface area contributed by atoms with Gasteiger partial charge < -0.3 is 4.18 Å². The number of hydrogen-bond donors (Lipinski definition) is 0. The van der Waals surface area contributed by atoms with E-state index in [-0.39, 0.29) is 0 Å². The van der Waals surface area contributed by atoms with Gasteiger partial charge in [-0.1, -0.05) is 36.4 Å². The van der Waals surface area contributed by atoms with E-state index in [1.807, 2.05) is 24.3 Å². The van der Waals surface area contributed by atoms with Gasteiger partial charge in [-0.15, -0.1) is 0 Å². The van der Waals surface area contributed by atoms with E-state index in [1.54, 1.807) is 0 Å². The van der Waals surface area contributed by atoms with E-state index in [1.165, 1.54) is 28.1 Å². The molecule has 0 amide bonds. The molecule has 0 bridgehead atoms. The molecule has 2 aromatic carbocycles. The molecule has 0 fully saturated rings. The third-order valence-electron chi connectivity index (χ3n) is 2.29. The molecule has 0 radical (unpaired) electrons. The normalized spacial score (nSPS) is 12.6. The molecule has 14 heavy (non-hydrogen) atoms. The van der Waals surface area contributed by atoms with Gasteiger partial charge in [-0.2, -0.15) is 0 Å². The van der Waals surface area contributed by atoms with E-state index in [9.17, 15) is 0 Å². The Morgan fingerprint density at radius 3 is 2.43 bits per heavy atom.